The molecule has 10 heteroatoms. The van der Waals surface area contributed by atoms with Gasteiger partial charge in [-0.2, -0.15) is 0 Å². The van der Waals surface area contributed by atoms with Gasteiger partial charge in [-0.1, -0.05) is 57.6 Å². The van der Waals surface area contributed by atoms with Crippen LogP contribution in [-0.4, -0.2) is 28.2 Å². The van der Waals surface area contributed by atoms with Gasteiger partial charge in [-0.3, -0.25) is 9.36 Å². The molecule has 1 aliphatic rings. The van der Waals surface area contributed by atoms with Crippen LogP contribution >= 0.6 is 27.3 Å². The van der Waals surface area contributed by atoms with Gasteiger partial charge < -0.3 is 14.3 Å². The number of halogens is 1. The summed E-state index contributed by atoms with van der Waals surface area (Å²) in [5, 5.41) is 9.51. The zero-order chi connectivity index (χ0) is 27.0. The number of aromatic nitrogens is 1. The van der Waals surface area contributed by atoms with Crippen molar-refractivity contribution >= 4 is 45.3 Å². The second kappa shape index (κ2) is 10.4. The van der Waals surface area contributed by atoms with Gasteiger partial charge in [0.15, 0.2) is 4.80 Å². The smallest absolute Gasteiger partial charge is 0.338 e. The average molecular weight is 593 g/mol. The molecule has 0 fully saturated rings. The number of carbonyl (C=O) groups is 2. The molecule has 0 aliphatic carbocycles. The fourth-order valence-electron chi connectivity index (χ4n) is 4.34. The molecule has 1 N–H and O–H groups in total. The zero-order valence-corrected chi connectivity index (χ0v) is 22.7. The molecule has 1 atom stereocenters. The van der Waals surface area contributed by atoms with Crippen LogP contribution in [0.25, 0.3) is 17.4 Å². The van der Waals surface area contributed by atoms with Gasteiger partial charge in [0.1, 0.15) is 11.5 Å². The van der Waals surface area contributed by atoms with E-state index in [4.69, 9.17) is 9.15 Å². The van der Waals surface area contributed by atoms with Gasteiger partial charge >= 0.3 is 11.9 Å². The molecule has 38 heavy (non-hydrogen) atoms. The highest BCUT2D eigenvalue weighted by Gasteiger charge is 2.33. The molecule has 0 spiro atoms. The number of benzene rings is 2. The Morgan fingerprint density at radius 1 is 1.16 bits per heavy atom. The van der Waals surface area contributed by atoms with Crippen molar-refractivity contribution < 1.29 is 23.8 Å². The lowest BCUT2D eigenvalue weighted by molar-refractivity contribution is -0.139. The van der Waals surface area contributed by atoms with E-state index >= 15 is 0 Å². The minimum absolute atomic E-state index is 0.115. The molecule has 0 radical (unpaired) electrons. The standard InChI is InChI=1S/C28H21BrN2O6S/c1-3-36-27(35)23-15(2)30-28-31(24(23)16-8-10-17(29)11-9-16)25(32)22(38-28)14-18-12-13-21(37-18)19-6-4-5-7-20(19)26(33)34/h4-14,24H,3H2,1-2H3,(H,33,34)/b22-14+/t24-/m1/s1. The van der Waals surface area contributed by atoms with Gasteiger partial charge in [0.05, 0.1) is 34.0 Å². The fraction of sp³-hybridized carbons (Fsp3) is 0.143. The summed E-state index contributed by atoms with van der Waals surface area (Å²) in [4.78, 5) is 43.3. The van der Waals surface area contributed by atoms with Gasteiger partial charge in [0.25, 0.3) is 5.56 Å². The highest BCUT2D eigenvalue weighted by Crippen LogP contribution is 2.31. The highest BCUT2D eigenvalue weighted by atomic mass is 79.9. The van der Waals surface area contributed by atoms with Crippen LogP contribution in [0.4, 0.5) is 0 Å². The SMILES string of the molecule is CCOC(=O)C1=C(C)N=c2s/c(=C/c3ccc(-c4ccccc4C(=O)O)o3)c(=O)n2[C@@H]1c1ccc(Br)cc1. The summed E-state index contributed by atoms with van der Waals surface area (Å²) in [7, 11) is 0. The maximum atomic E-state index is 13.7. The first-order valence-corrected chi connectivity index (χ1v) is 13.3. The summed E-state index contributed by atoms with van der Waals surface area (Å²) >= 11 is 4.61. The van der Waals surface area contributed by atoms with Crippen molar-refractivity contribution in [2.75, 3.05) is 6.61 Å². The number of carbonyl (C=O) groups excluding carboxylic acids is 1. The van der Waals surface area contributed by atoms with Crippen molar-refractivity contribution in [1.82, 2.24) is 4.57 Å². The summed E-state index contributed by atoms with van der Waals surface area (Å²) in [5.41, 5.74) is 1.74. The second-order valence-corrected chi connectivity index (χ2v) is 10.3. The molecule has 5 rings (SSSR count). The molecule has 2 aromatic carbocycles. The number of carboxylic acid groups (broad SMARTS) is 1. The molecule has 1 aliphatic heterocycles. The molecule has 8 nitrogen and oxygen atoms in total. The van der Waals surface area contributed by atoms with Gasteiger partial charge in [-0.25, -0.2) is 14.6 Å². The number of nitrogens with zero attached hydrogens (tertiary/aromatic N) is 2. The maximum absolute atomic E-state index is 13.7. The quantitative estimate of drug-likeness (QED) is 0.329. The summed E-state index contributed by atoms with van der Waals surface area (Å²) < 4.78 is 13.9. The number of hydrogen-bond acceptors (Lipinski definition) is 7. The van der Waals surface area contributed by atoms with E-state index in [1.807, 2.05) is 24.3 Å². The number of carboxylic acids is 1. The number of thiazole rings is 1. The summed E-state index contributed by atoms with van der Waals surface area (Å²) in [6.07, 6.45) is 1.60. The molecule has 0 unspecified atom stereocenters. The number of ether oxygens (including phenoxy) is 1. The Bertz CT molecular complexity index is 1780. The lowest BCUT2D eigenvalue weighted by Gasteiger charge is -2.24. The van der Waals surface area contributed by atoms with Crippen molar-refractivity contribution in [3.63, 3.8) is 0 Å². The van der Waals surface area contributed by atoms with Crippen LogP contribution in [0.15, 0.2) is 90.6 Å². The summed E-state index contributed by atoms with van der Waals surface area (Å²) in [5.74, 6) is -0.835. The molecule has 0 bridgehead atoms. The lowest BCUT2D eigenvalue weighted by atomic mass is 9.96. The van der Waals surface area contributed by atoms with Crippen LogP contribution in [-0.2, 0) is 9.53 Å². The Balaban J connectivity index is 1.64. The predicted molar refractivity (Wildman–Crippen MR) is 146 cm³/mol. The topological polar surface area (TPSA) is 111 Å². The highest BCUT2D eigenvalue weighted by molar-refractivity contribution is 9.10. The van der Waals surface area contributed by atoms with E-state index in [1.54, 1.807) is 50.3 Å². The van der Waals surface area contributed by atoms with Gasteiger partial charge in [-0.15, -0.1) is 0 Å². The largest absolute Gasteiger partial charge is 0.478 e. The van der Waals surface area contributed by atoms with Gasteiger partial charge in [-0.05, 0) is 49.7 Å². The third kappa shape index (κ3) is 4.68. The molecule has 0 amide bonds. The number of furan rings is 1. The van der Waals surface area contributed by atoms with E-state index in [9.17, 15) is 19.5 Å². The third-order valence-electron chi connectivity index (χ3n) is 6.03. The first kappa shape index (κ1) is 25.6. The van der Waals surface area contributed by atoms with Crippen molar-refractivity contribution in [1.29, 1.82) is 0 Å². The second-order valence-electron chi connectivity index (χ2n) is 8.41. The lowest BCUT2D eigenvalue weighted by Crippen LogP contribution is -2.39. The summed E-state index contributed by atoms with van der Waals surface area (Å²) in [6.45, 7) is 3.65. The first-order valence-electron chi connectivity index (χ1n) is 11.7. The van der Waals surface area contributed by atoms with Crippen LogP contribution in [0.3, 0.4) is 0 Å². The van der Waals surface area contributed by atoms with Crippen LogP contribution in [0.1, 0.15) is 41.6 Å². The Morgan fingerprint density at radius 2 is 1.89 bits per heavy atom. The van der Waals surface area contributed by atoms with Gasteiger partial charge in [0, 0.05) is 16.1 Å². The van der Waals surface area contributed by atoms with E-state index < -0.39 is 18.0 Å². The average Bonchev–Trinajstić information content (AvgIpc) is 3.48. The fourth-order valence-corrected chi connectivity index (χ4v) is 5.63. The number of aromatic carboxylic acids is 1. The van der Waals surface area contributed by atoms with Gasteiger partial charge in [0.2, 0.25) is 0 Å². The molecule has 0 saturated heterocycles. The van der Waals surface area contributed by atoms with Crippen LogP contribution in [0, 0.1) is 0 Å². The Morgan fingerprint density at radius 3 is 2.61 bits per heavy atom. The van der Waals surface area contributed by atoms with Crippen LogP contribution in [0.5, 0.6) is 0 Å². The maximum Gasteiger partial charge on any atom is 0.338 e. The van der Waals surface area contributed by atoms with Crippen LogP contribution in [0.2, 0.25) is 0 Å². The number of fused-ring (bicyclic) bond motifs is 1. The molecule has 0 saturated carbocycles. The Kier molecular flexibility index (Phi) is 7.00. The van der Waals surface area contributed by atoms with Crippen molar-refractivity contribution in [3.05, 3.63) is 113 Å². The van der Waals surface area contributed by atoms with E-state index in [-0.39, 0.29) is 17.7 Å². The molecular formula is C28H21BrN2O6S. The van der Waals surface area contributed by atoms with Crippen molar-refractivity contribution in [2.45, 2.75) is 19.9 Å². The number of rotatable bonds is 6. The van der Waals surface area contributed by atoms with E-state index in [2.05, 4.69) is 20.9 Å². The zero-order valence-electron chi connectivity index (χ0n) is 20.3. The minimum Gasteiger partial charge on any atom is -0.478 e. The van der Waals surface area contributed by atoms with Crippen molar-refractivity contribution in [2.24, 2.45) is 4.99 Å². The molecule has 3 heterocycles. The first-order chi connectivity index (χ1) is 18.3. The molecular weight excluding hydrogens is 572 g/mol. The van der Waals surface area contributed by atoms with E-state index in [0.29, 0.717) is 37.7 Å². The Hall–Kier alpha value is -4.02. The monoisotopic (exact) mass is 592 g/mol. The Labute approximate surface area is 229 Å². The van der Waals surface area contributed by atoms with E-state index in [1.165, 1.54) is 22.0 Å². The van der Waals surface area contributed by atoms with E-state index in [0.717, 1.165) is 10.0 Å². The number of hydrogen-bond donors (Lipinski definition) is 1. The molecule has 4 aromatic rings. The third-order valence-corrected chi connectivity index (χ3v) is 7.54. The minimum atomic E-state index is -1.06. The predicted octanol–water partition coefficient (Wildman–Crippen LogP) is 4.52. The van der Waals surface area contributed by atoms with Crippen LogP contribution < -0.4 is 14.9 Å². The van der Waals surface area contributed by atoms with Crippen molar-refractivity contribution in [3.8, 4) is 11.3 Å². The number of allylic oxidation sites excluding steroid dienone is 1. The molecule has 192 valence electrons. The summed E-state index contributed by atoms with van der Waals surface area (Å²) in [6, 6.07) is 16.6. The number of esters is 1. The molecule has 2 aromatic heterocycles. The normalized spacial score (nSPS) is 15.2.